The molecule has 0 atom stereocenters. The van der Waals surface area contributed by atoms with Gasteiger partial charge in [0.25, 0.3) is 0 Å². The lowest BCUT2D eigenvalue weighted by atomic mass is 10.1. The Bertz CT molecular complexity index is 787. The molecule has 0 fully saturated rings. The zero-order valence-electron chi connectivity index (χ0n) is 18.1. The second-order valence-electron chi connectivity index (χ2n) is 7.20. The van der Waals surface area contributed by atoms with E-state index in [0.29, 0.717) is 37.7 Å². The minimum atomic E-state index is -0.000577. The molecule has 0 radical (unpaired) electrons. The molecule has 6 nitrogen and oxygen atoms in total. The topological polar surface area (TPSA) is 60.0 Å². The first-order valence-corrected chi connectivity index (χ1v) is 9.78. The van der Waals surface area contributed by atoms with Crippen molar-refractivity contribution < 1.29 is 19.0 Å². The molecule has 0 spiro atoms. The molecular formula is C23H32N2O4. The van der Waals surface area contributed by atoms with Crippen LogP contribution in [0, 0.1) is 13.8 Å². The number of likely N-dealkylation sites (N-methyl/N-ethyl adjacent to an activating group) is 1. The number of carbonyl (C=O) groups excluding carboxylic acids is 1. The van der Waals surface area contributed by atoms with Crippen molar-refractivity contribution in [1.29, 1.82) is 0 Å². The van der Waals surface area contributed by atoms with Crippen molar-refractivity contribution in [2.75, 3.05) is 47.5 Å². The molecule has 2 aromatic carbocycles. The van der Waals surface area contributed by atoms with Gasteiger partial charge in [-0.15, -0.1) is 0 Å². The molecule has 2 aromatic rings. The number of nitrogens with one attached hydrogen (secondary N) is 1. The van der Waals surface area contributed by atoms with E-state index < -0.39 is 0 Å². The quantitative estimate of drug-likeness (QED) is 0.628. The molecule has 0 saturated heterocycles. The molecule has 0 aliphatic carbocycles. The number of benzene rings is 2. The predicted molar refractivity (Wildman–Crippen MR) is 115 cm³/mol. The number of amides is 1. The number of nitrogens with zero attached hydrogens (tertiary/aromatic N) is 1. The van der Waals surface area contributed by atoms with Gasteiger partial charge in [0.05, 0.1) is 20.8 Å². The van der Waals surface area contributed by atoms with Crippen molar-refractivity contribution in [2.45, 2.75) is 20.3 Å². The van der Waals surface area contributed by atoms with Crippen molar-refractivity contribution in [3.63, 3.8) is 0 Å². The first-order valence-electron chi connectivity index (χ1n) is 9.78. The SMILES string of the molecule is COc1ccc(CCNC(=O)CN(C)CCOc2cc(C)cc(C)c2)cc1OC. The van der Waals surface area contributed by atoms with E-state index in [9.17, 15) is 4.79 Å². The second-order valence-corrected chi connectivity index (χ2v) is 7.20. The van der Waals surface area contributed by atoms with Crippen molar-refractivity contribution in [3.05, 3.63) is 53.1 Å². The summed E-state index contributed by atoms with van der Waals surface area (Å²) in [6, 6.07) is 11.9. The largest absolute Gasteiger partial charge is 0.493 e. The zero-order valence-corrected chi connectivity index (χ0v) is 18.1. The fourth-order valence-electron chi connectivity index (χ4n) is 3.10. The Balaban J connectivity index is 1.68. The van der Waals surface area contributed by atoms with Gasteiger partial charge in [-0.2, -0.15) is 0 Å². The highest BCUT2D eigenvalue weighted by Gasteiger charge is 2.08. The van der Waals surface area contributed by atoms with Crippen LogP contribution in [-0.4, -0.2) is 58.3 Å². The lowest BCUT2D eigenvalue weighted by Crippen LogP contribution is -2.37. The third-order valence-corrected chi connectivity index (χ3v) is 4.53. The fraction of sp³-hybridized carbons (Fsp3) is 0.435. The second kappa shape index (κ2) is 11.3. The highest BCUT2D eigenvalue weighted by atomic mass is 16.5. The van der Waals surface area contributed by atoms with Gasteiger partial charge in [-0.3, -0.25) is 9.69 Å². The normalized spacial score (nSPS) is 10.7. The van der Waals surface area contributed by atoms with Crippen molar-refractivity contribution >= 4 is 5.91 Å². The molecule has 0 saturated carbocycles. The van der Waals surface area contributed by atoms with E-state index in [0.717, 1.165) is 17.7 Å². The number of methoxy groups -OCH3 is 2. The Morgan fingerprint density at radius 3 is 2.34 bits per heavy atom. The van der Waals surface area contributed by atoms with Gasteiger partial charge < -0.3 is 19.5 Å². The van der Waals surface area contributed by atoms with E-state index in [1.54, 1.807) is 14.2 Å². The lowest BCUT2D eigenvalue weighted by molar-refractivity contribution is -0.121. The zero-order chi connectivity index (χ0) is 21.2. The molecule has 2 rings (SSSR count). The average molecular weight is 401 g/mol. The van der Waals surface area contributed by atoms with Crippen molar-refractivity contribution in [1.82, 2.24) is 10.2 Å². The molecule has 1 N–H and O–H groups in total. The van der Waals surface area contributed by atoms with Crippen LogP contribution in [-0.2, 0) is 11.2 Å². The first kappa shape index (κ1) is 22.6. The third-order valence-electron chi connectivity index (χ3n) is 4.53. The Labute approximate surface area is 173 Å². The summed E-state index contributed by atoms with van der Waals surface area (Å²) in [6.45, 7) is 6.23. The Morgan fingerprint density at radius 2 is 1.69 bits per heavy atom. The average Bonchev–Trinajstić information content (AvgIpc) is 2.67. The summed E-state index contributed by atoms with van der Waals surface area (Å²) < 4.78 is 16.4. The maximum Gasteiger partial charge on any atom is 0.234 e. The summed E-state index contributed by atoms with van der Waals surface area (Å²) >= 11 is 0. The number of rotatable bonds is 11. The Hall–Kier alpha value is -2.73. The van der Waals surface area contributed by atoms with E-state index in [4.69, 9.17) is 14.2 Å². The van der Waals surface area contributed by atoms with Crippen LogP contribution < -0.4 is 19.5 Å². The van der Waals surface area contributed by atoms with Crippen LogP contribution in [0.1, 0.15) is 16.7 Å². The van der Waals surface area contributed by atoms with Gasteiger partial charge in [0.2, 0.25) is 5.91 Å². The molecule has 0 aromatic heterocycles. The van der Waals surface area contributed by atoms with Crippen LogP contribution in [0.25, 0.3) is 0 Å². The number of ether oxygens (including phenoxy) is 3. The number of carbonyl (C=O) groups is 1. The standard InChI is InChI=1S/C23H32N2O4/c1-17-12-18(2)14-20(13-17)29-11-10-25(3)16-23(26)24-9-8-19-6-7-21(27-4)22(15-19)28-5/h6-7,12-15H,8-11,16H2,1-5H3,(H,24,26). The molecular weight excluding hydrogens is 368 g/mol. The van der Waals surface area contributed by atoms with Gasteiger partial charge >= 0.3 is 0 Å². The minimum Gasteiger partial charge on any atom is -0.493 e. The van der Waals surface area contributed by atoms with Gasteiger partial charge in [0.15, 0.2) is 11.5 Å². The monoisotopic (exact) mass is 400 g/mol. The maximum atomic E-state index is 12.2. The smallest absolute Gasteiger partial charge is 0.234 e. The molecule has 0 unspecified atom stereocenters. The van der Waals surface area contributed by atoms with Crippen LogP contribution in [0.3, 0.4) is 0 Å². The lowest BCUT2D eigenvalue weighted by Gasteiger charge is -2.17. The van der Waals surface area contributed by atoms with E-state index in [1.807, 2.05) is 42.3 Å². The summed E-state index contributed by atoms with van der Waals surface area (Å²) in [5.74, 6) is 2.26. The summed E-state index contributed by atoms with van der Waals surface area (Å²) in [5.41, 5.74) is 3.45. The highest BCUT2D eigenvalue weighted by Crippen LogP contribution is 2.27. The number of hydrogen-bond acceptors (Lipinski definition) is 5. The van der Waals surface area contributed by atoms with E-state index in [2.05, 4.69) is 25.2 Å². The molecule has 158 valence electrons. The van der Waals surface area contributed by atoms with Crippen LogP contribution in [0.4, 0.5) is 0 Å². The molecule has 1 amide bonds. The van der Waals surface area contributed by atoms with Gasteiger partial charge in [-0.05, 0) is 68.3 Å². The Morgan fingerprint density at radius 1 is 1.00 bits per heavy atom. The third kappa shape index (κ3) is 7.66. The van der Waals surface area contributed by atoms with Crippen LogP contribution in [0.2, 0.25) is 0 Å². The fourth-order valence-corrected chi connectivity index (χ4v) is 3.10. The van der Waals surface area contributed by atoms with Crippen molar-refractivity contribution in [3.8, 4) is 17.2 Å². The predicted octanol–water partition coefficient (Wildman–Crippen LogP) is 2.99. The van der Waals surface area contributed by atoms with Crippen LogP contribution >= 0.6 is 0 Å². The Kier molecular flexibility index (Phi) is 8.80. The summed E-state index contributed by atoms with van der Waals surface area (Å²) in [4.78, 5) is 14.1. The molecule has 29 heavy (non-hydrogen) atoms. The molecule has 0 bridgehead atoms. The van der Waals surface area contributed by atoms with E-state index >= 15 is 0 Å². The van der Waals surface area contributed by atoms with E-state index in [-0.39, 0.29) is 5.91 Å². The van der Waals surface area contributed by atoms with Crippen LogP contribution in [0.5, 0.6) is 17.2 Å². The molecule has 0 aliphatic rings. The first-order chi connectivity index (χ1) is 13.9. The maximum absolute atomic E-state index is 12.2. The van der Waals surface area contributed by atoms with E-state index in [1.165, 1.54) is 11.1 Å². The molecule has 0 heterocycles. The molecule has 0 aliphatic heterocycles. The van der Waals surface area contributed by atoms with Gasteiger partial charge in [0.1, 0.15) is 12.4 Å². The highest BCUT2D eigenvalue weighted by molar-refractivity contribution is 5.77. The van der Waals surface area contributed by atoms with Gasteiger partial charge in [-0.1, -0.05) is 12.1 Å². The summed E-state index contributed by atoms with van der Waals surface area (Å²) in [6.07, 6.45) is 0.728. The van der Waals surface area contributed by atoms with Crippen molar-refractivity contribution in [2.24, 2.45) is 0 Å². The summed E-state index contributed by atoms with van der Waals surface area (Å²) in [7, 11) is 5.14. The number of aryl methyl sites for hydroxylation is 2. The van der Waals surface area contributed by atoms with Gasteiger partial charge in [0, 0.05) is 13.1 Å². The van der Waals surface area contributed by atoms with Crippen LogP contribution in [0.15, 0.2) is 36.4 Å². The summed E-state index contributed by atoms with van der Waals surface area (Å²) in [5, 5.41) is 2.96. The molecule has 6 heteroatoms. The minimum absolute atomic E-state index is 0.000577. The number of hydrogen-bond donors (Lipinski definition) is 1. The van der Waals surface area contributed by atoms with Gasteiger partial charge in [-0.25, -0.2) is 0 Å².